The van der Waals surface area contributed by atoms with Gasteiger partial charge in [-0.05, 0) is 59.7 Å². The lowest BCUT2D eigenvalue weighted by atomic mass is 9.98. The molecule has 7 heteroatoms. The van der Waals surface area contributed by atoms with Crippen molar-refractivity contribution in [3.63, 3.8) is 0 Å². The Kier molecular flexibility index (Phi) is 9.38. The molecule has 0 aromatic heterocycles. The summed E-state index contributed by atoms with van der Waals surface area (Å²) in [6.45, 7) is 11.1. The first-order valence-electron chi connectivity index (χ1n) is 14.3. The molecule has 5 nitrogen and oxygen atoms in total. The Hall–Kier alpha value is -3.26. The van der Waals surface area contributed by atoms with E-state index >= 15 is 0 Å². The molecule has 1 amide bonds. The van der Waals surface area contributed by atoms with Crippen molar-refractivity contribution in [1.29, 1.82) is 0 Å². The van der Waals surface area contributed by atoms with Crippen LogP contribution in [0.3, 0.4) is 0 Å². The second kappa shape index (κ2) is 13.1. The van der Waals surface area contributed by atoms with E-state index in [1.807, 2.05) is 19.9 Å². The predicted molar refractivity (Wildman–Crippen MR) is 175 cm³/mol. The van der Waals surface area contributed by atoms with Gasteiger partial charge in [-0.15, -0.1) is 0 Å². The molecule has 0 radical (unpaired) electrons. The van der Waals surface area contributed by atoms with Crippen molar-refractivity contribution in [3.05, 3.63) is 94.4 Å². The lowest BCUT2D eigenvalue weighted by molar-refractivity contribution is -0.127. The van der Waals surface area contributed by atoms with Crippen LogP contribution >= 0.6 is 24.0 Å². The third-order valence-electron chi connectivity index (χ3n) is 7.73. The molecule has 0 saturated carbocycles. The maximum absolute atomic E-state index is 13.1. The highest BCUT2D eigenvalue weighted by molar-refractivity contribution is 8.26. The van der Waals surface area contributed by atoms with E-state index in [9.17, 15) is 9.59 Å². The zero-order valence-electron chi connectivity index (χ0n) is 24.0. The standard InChI is InChI=1S/C34H37N3O2S2/c1-24(2)20-30(23-38)37-33(39)32(41-34(37)40)21-26-10-14-29(15-11-26)36-18-16-35(17-19-36)22-28-6-4-5-7-31(28)27-12-8-25(3)9-13-27/h4-15,21,23-24,30H,16-20,22H2,1-3H3/b32-21-. The number of piperazine rings is 1. The molecule has 0 aliphatic carbocycles. The summed E-state index contributed by atoms with van der Waals surface area (Å²) in [5.41, 5.74) is 7.36. The second-order valence-electron chi connectivity index (χ2n) is 11.3. The minimum atomic E-state index is -0.509. The van der Waals surface area contributed by atoms with Crippen LogP contribution in [0.2, 0.25) is 0 Å². The van der Waals surface area contributed by atoms with Crippen molar-refractivity contribution in [2.45, 2.75) is 39.8 Å². The van der Waals surface area contributed by atoms with Crippen LogP contribution in [0.1, 0.15) is 37.0 Å². The van der Waals surface area contributed by atoms with E-state index in [0.29, 0.717) is 21.6 Å². The van der Waals surface area contributed by atoms with E-state index in [0.717, 1.165) is 44.6 Å². The number of carbonyl (C=O) groups excluding carboxylic acids is 2. The quantitative estimate of drug-likeness (QED) is 0.157. The van der Waals surface area contributed by atoms with Gasteiger partial charge in [-0.25, -0.2) is 0 Å². The summed E-state index contributed by atoms with van der Waals surface area (Å²) in [4.78, 5) is 31.7. The van der Waals surface area contributed by atoms with Crippen molar-refractivity contribution >= 4 is 52.3 Å². The third kappa shape index (κ3) is 6.97. The maximum atomic E-state index is 13.1. The summed E-state index contributed by atoms with van der Waals surface area (Å²) in [6, 6.07) is 25.4. The van der Waals surface area contributed by atoms with Crippen LogP contribution in [0.25, 0.3) is 17.2 Å². The number of carbonyl (C=O) groups is 2. The van der Waals surface area contributed by atoms with Crippen molar-refractivity contribution < 1.29 is 9.59 Å². The van der Waals surface area contributed by atoms with Gasteiger partial charge in [-0.3, -0.25) is 14.6 Å². The Labute approximate surface area is 253 Å². The first kappa shape index (κ1) is 29.2. The molecule has 5 rings (SSSR count). The Morgan fingerprint density at radius 2 is 1.61 bits per heavy atom. The van der Waals surface area contributed by atoms with Gasteiger partial charge in [0.2, 0.25) is 0 Å². The van der Waals surface area contributed by atoms with Crippen molar-refractivity contribution in [1.82, 2.24) is 9.80 Å². The fourth-order valence-corrected chi connectivity index (χ4v) is 6.85. The largest absolute Gasteiger partial charge is 0.369 e. The molecule has 2 aliphatic rings. The zero-order chi connectivity index (χ0) is 28.9. The fourth-order valence-electron chi connectivity index (χ4n) is 5.48. The van der Waals surface area contributed by atoms with E-state index in [2.05, 4.69) is 89.5 Å². The van der Waals surface area contributed by atoms with Gasteiger partial charge in [-0.2, -0.15) is 0 Å². The van der Waals surface area contributed by atoms with Crippen molar-refractivity contribution in [2.24, 2.45) is 5.92 Å². The van der Waals surface area contributed by atoms with E-state index in [1.165, 1.54) is 44.6 Å². The van der Waals surface area contributed by atoms with Crippen LogP contribution in [-0.2, 0) is 16.1 Å². The van der Waals surface area contributed by atoms with Gasteiger partial charge < -0.3 is 9.69 Å². The molecule has 0 spiro atoms. The minimum Gasteiger partial charge on any atom is -0.369 e. The van der Waals surface area contributed by atoms with Gasteiger partial charge in [0, 0.05) is 38.4 Å². The Bertz CT molecular complexity index is 1430. The first-order chi connectivity index (χ1) is 19.8. The molecule has 2 aliphatic heterocycles. The molecule has 2 saturated heterocycles. The molecular weight excluding hydrogens is 547 g/mol. The van der Waals surface area contributed by atoms with Crippen LogP contribution in [0.5, 0.6) is 0 Å². The predicted octanol–water partition coefficient (Wildman–Crippen LogP) is 6.80. The summed E-state index contributed by atoms with van der Waals surface area (Å²) < 4.78 is 0.454. The van der Waals surface area contributed by atoms with Crippen LogP contribution in [0, 0.1) is 12.8 Å². The average molecular weight is 584 g/mol. The number of aldehydes is 1. The number of hydrogen-bond donors (Lipinski definition) is 0. The van der Waals surface area contributed by atoms with Gasteiger partial charge >= 0.3 is 0 Å². The highest BCUT2D eigenvalue weighted by atomic mass is 32.2. The number of thiocarbonyl (C=S) groups is 1. The van der Waals surface area contributed by atoms with Crippen LogP contribution in [-0.4, -0.2) is 58.5 Å². The van der Waals surface area contributed by atoms with E-state index in [1.54, 1.807) is 0 Å². The summed E-state index contributed by atoms with van der Waals surface area (Å²) >= 11 is 6.73. The van der Waals surface area contributed by atoms with Crippen molar-refractivity contribution in [3.8, 4) is 11.1 Å². The van der Waals surface area contributed by atoms with Crippen LogP contribution in [0.4, 0.5) is 5.69 Å². The zero-order valence-corrected chi connectivity index (χ0v) is 25.6. The summed E-state index contributed by atoms with van der Waals surface area (Å²) in [5.74, 6) is 0.115. The van der Waals surface area contributed by atoms with Gasteiger partial charge in [0.15, 0.2) is 0 Å². The van der Waals surface area contributed by atoms with Gasteiger partial charge in [-0.1, -0.05) is 104 Å². The number of hydrogen-bond acceptors (Lipinski definition) is 6. The fraction of sp³-hybridized carbons (Fsp3) is 0.324. The molecule has 3 aromatic carbocycles. The minimum absolute atomic E-state index is 0.179. The Morgan fingerprint density at radius 1 is 0.927 bits per heavy atom. The monoisotopic (exact) mass is 583 g/mol. The molecular formula is C34H37N3O2S2. The molecule has 2 fully saturated rings. The summed E-state index contributed by atoms with van der Waals surface area (Å²) in [6.07, 6.45) is 3.32. The van der Waals surface area contributed by atoms with Gasteiger partial charge in [0.25, 0.3) is 5.91 Å². The highest BCUT2D eigenvalue weighted by Crippen LogP contribution is 2.35. The van der Waals surface area contributed by atoms with Crippen molar-refractivity contribution in [2.75, 3.05) is 31.1 Å². The first-order valence-corrected chi connectivity index (χ1v) is 15.5. The molecule has 1 unspecified atom stereocenters. The van der Waals surface area contributed by atoms with Gasteiger partial charge in [0.1, 0.15) is 10.6 Å². The van der Waals surface area contributed by atoms with Gasteiger partial charge in [0.05, 0.1) is 10.9 Å². The SMILES string of the molecule is Cc1ccc(-c2ccccc2CN2CCN(c3ccc(/C=C4\SC(=S)N(C(C=O)CC(C)C)C4=O)cc3)CC2)cc1. The molecule has 0 bridgehead atoms. The van der Waals surface area contributed by atoms with E-state index in [-0.39, 0.29) is 5.91 Å². The molecule has 3 aromatic rings. The summed E-state index contributed by atoms with van der Waals surface area (Å²) in [5, 5.41) is 0. The van der Waals surface area contributed by atoms with Crippen LogP contribution in [0.15, 0.2) is 77.7 Å². The average Bonchev–Trinajstić information content (AvgIpc) is 3.25. The number of nitrogens with zero attached hydrogens (tertiary/aromatic N) is 3. The lowest BCUT2D eigenvalue weighted by Crippen LogP contribution is -2.46. The molecule has 212 valence electrons. The number of rotatable bonds is 9. The molecule has 0 N–H and O–H groups in total. The highest BCUT2D eigenvalue weighted by Gasteiger charge is 2.37. The normalized spacial score (nSPS) is 18.0. The maximum Gasteiger partial charge on any atom is 0.266 e. The van der Waals surface area contributed by atoms with E-state index in [4.69, 9.17) is 12.2 Å². The Balaban J connectivity index is 1.19. The van der Waals surface area contributed by atoms with Crippen LogP contribution < -0.4 is 4.90 Å². The molecule has 41 heavy (non-hydrogen) atoms. The number of anilines is 1. The topological polar surface area (TPSA) is 43.9 Å². The van der Waals surface area contributed by atoms with E-state index < -0.39 is 6.04 Å². The smallest absolute Gasteiger partial charge is 0.266 e. The summed E-state index contributed by atoms with van der Waals surface area (Å²) in [7, 11) is 0. The number of thioether (sulfide) groups is 1. The lowest BCUT2D eigenvalue weighted by Gasteiger charge is -2.36. The number of benzene rings is 3. The molecule has 1 atom stereocenters. The Morgan fingerprint density at radius 3 is 2.27 bits per heavy atom. The third-order valence-corrected chi connectivity index (χ3v) is 9.06. The number of aryl methyl sites for hydroxylation is 1. The number of amides is 1. The second-order valence-corrected chi connectivity index (χ2v) is 12.9. The molecule has 2 heterocycles.